The van der Waals surface area contributed by atoms with Gasteiger partial charge in [-0.15, -0.1) is 0 Å². The van der Waals surface area contributed by atoms with E-state index in [0.29, 0.717) is 18.2 Å². The van der Waals surface area contributed by atoms with Crippen LogP contribution in [0, 0.1) is 5.92 Å². The lowest BCUT2D eigenvalue weighted by molar-refractivity contribution is -0.117. The largest absolute Gasteiger partial charge is 0.309 e. The molecule has 0 radical (unpaired) electrons. The topological polar surface area (TPSA) is 54.9 Å². The van der Waals surface area contributed by atoms with Crippen molar-refractivity contribution in [3.8, 4) is 0 Å². The molecule has 1 fully saturated rings. The van der Waals surface area contributed by atoms with Crippen molar-refractivity contribution < 1.29 is 4.79 Å². The molecule has 1 amide bonds. The zero-order valence-corrected chi connectivity index (χ0v) is 10.9. The molecule has 0 aromatic carbocycles. The van der Waals surface area contributed by atoms with E-state index in [1.54, 1.807) is 0 Å². The number of aromatic nitrogens is 2. The number of nitrogens with one attached hydrogen (secondary N) is 1. The number of carbonyl (C=O) groups excluding carboxylic acids is 1. The van der Waals surface area contributed by atoms with Crippen LogP contribution in [0.5, 0.6) is 0 Å². The Bertz CT molecular complexity index is 396. The van der Waals surface area contributed by atoms with Gasteiger partial charge in [-0.2, -0.15) is 11.8 Å². The molecule has 2 rings (SSSR count). The minimum absolute atomic E-state index is 0.00142. The summed E-state index contributed by atoms with van der Waals surface area (Å²) in [4.78, 5) is 19.6. The first kappa shape index (κ1) is 12.6. The number of hydrogen-bond acceptors (Lipinski definition) is 4. The van der Waals surface area contributed by atoms with Crippen LogP contribution in [0.2, 0.25) is 5.15 Å². The molecule has 1 aliphatic heterocycles. The van der Waals surface area contributed by atoms with Gasteiger partial charge in [0.2, 0.25) is 5.91 Å². The molecule has 17 heavy (non-hydrogen) atoms. The molecule has 92 valence electrons. The molecule has 1 aromatic rings. The van der Waals surface area contributed by atoms with Crippen LogP contribution in [0.25, 0.3) is 0 Å². The van der Waals surface area contributed by atoms with Crippen LogP contribution in [0.4, 0.5) is 5.82 Å². The summed E-state index contributed by atoms with van der Waals surface area (Å²) >= 11 is 7.65. The van der Waals surface area contributed by atoms with Gasteiger partial charge in [0, 0.05) is 6.42 Å². The molecule has 0 atom stereocenters. The van der Waals surface area contributed by atoms with Crippen LogP contribution in [0.1, 0.15) is 19.3 Å². The van der Waals surface area contributed by atoms with Crippen molar-refractivity contribution in [3.05, 3.63) is 17.5 Å². The Labute approximate surface area is 110 Å². The Kier molecular flexibility index (Phi) is 4.62. The van der Waals surface area contributed by atoms with Crippen molar-refractivity contribution in [1.82, 2.24) is 9.97 Å². The molecule has 0 spiro atoms. The van der Waals surface area contributed by atoms with E-state index in [1.165, 1.54) is 12.4 Å². The molecule has 0 saturated carbocycles. The third kappa shape index (κ3) is 4.16. The lowest BCUT2D eigenvalue weighted by Crippen LogP contribution is -2.20. The Morgan fingerprint density at radius 2 is 2.24 bits per heavy atom. The molecule has 1 aromatic heterocycles. The fraction of sp³-hybridized carbons (Fsp3) is 0.545. The second kappa shape index (κ2) is 6.21. The first-order chi connectivity index (χ1) is 8.24. The summed E-state index contributed by atoms with van der Waals surface area (Å²) in [5, 5.41) is 3.02. The molecular weight excluding hydrogens is 258 g/mol. The summed E-state index contributed by atoms with van der Waals surface area (Å²) in [6.07, 6.45) is 5.75. The molecule has 1 saturated heterocycles. The fourth-order valence-electron chi connectivity index (χ4n) is 1.81. The fourth-order valence-corrected chi connectivity index (χ4v) is 3.16. The van der Waals surface area contributed by atoms with Gasteiger partial charge in [-0.05, 0) is 30.3 Å². The summed E-state index contributed by atoms with van der Waals surface area (Å²) in [7, 11) is 0. The van der Waals surface area contributed by atoms with Gasteiger partial charge in [0.1, 0.15) is 5.15 Å². The predicted octanol–water partition coefficient (Wildman–Crippen LogP) is 2.60. The van der Waals surface area contributed by atoms with Crippen molar-refractivity contribution >= 4 is 35.1 Å². The summed E-state index contributed by atoms with van der Waals surface area (Å²) in [5.74, 6) is 3.25. The maximum Gasteiger partial charge on any atom is 0.225 e. The van der Waals surface area contributed by atoms with Gasteiger partial charge in [-0.1, -0.05) is 11.6 Å². The molecule has 0 unspecified atom stereocenters. The molecule has 0 aliphatic carbocycles. The molecule has 1 aliphatic rings. The number of rotatable bonds is 3. The minimum Gasteiger partial charge on any atom is -0.309 e. The van der Waals surface area contributed by atoms with Gasteiger partial charge in [-0.3, -0.25) is 9.78 Å². The van der Waals surface area contributed by atoms with E-state index in [9.17, 15) is 4.79 Å². The Hall–Kier alpha value is -0.810. The van der Waals surface area contributed by atoms with Gasteiger partial charge >= 0.3 is 0 Å². The van der Waals surface area contributed by atoms with Gasteiger partial charge in [-0.25, -0.2) is 4.98 Å². The van der Waals surface area contributed by atoms with E-state index in [2.05, 4.69) is 15.3 Å². The second-order valence-electron chi connectivity index (χ2n) is 4.04. The van der Waals surface area contributed by atoms with E-state index >= 15 is 0 Å². The third-order valence-corrected chi connectivity index (χ3v) is 3.92. The van der Waals surface area contributed by atoms with E-state index in [1.807, 2.05) is 11.8 Å². The van der Waals surface area contributed by atoms with E-state index in [0.717, 1.165) is 24.3 Å². The summed E-state index contributed by atoms with van der Waals surface area (Å²) in [6.45, 7) is 0. The van der Waals surface area contributed by atoms with Crippen LogP contribution in [0.3, 0.4) is 0 Å². The maximum atomic E-state index is 11.8. The number of amides is 1. The normalized spacial score (nSPS) is 16.8. The maximum absolute atomic E-state index is 11.8. The lowest BCUT2D eigenvalue weighted by Gasteiger charge is -2.20. The highest BCUT2D eigenvalue weighted by Crippen LogP contribution is 2.25. The first-order valence-corrected chi connectivity index (χ1v) is 7.12. The van der Waals surface area contributed by atoms with Crippen LogP contribution in [-0.2, 0) is 4.79 Å². The molecule has 6 heteroatoms. The van der Waals surface area contributed by atoms with E-state index < -0.39 is 0 Å². The number of halogens is 1. The van der Waals surface area contributed by atoms with Crippen LogP contribution in [0.15, 0.2) is 12.4 Å². The Morgan fingerprint density at radius 3 is 2.94 bits per heavy atom. The van der Waals surface area contributed by atoms with Crippen molar-refractivity contribution in [1.29, 1.82) is 0 Å². The predicted molar refractivity (Wildman–Crippen MR) is 70.3 cm³/mol. The van der Waals surface area contributed by atoms with Crippen LogP contribution >= 0.6 is 23.4 Å². The number of thioether (sulfide) groups is 1. The Morgan fingerprint density at radius 1 is 1.47 bits per heavy atom. The molecule has 2 heterocycles. The highest BCUT2D eigenvalue weighted by molar-refractivity contribution is 7.99. The van der Waals surface area contributed by atoms with Crippen LogP contribution < -0.4 is 5.32 Å². The van der Waals surface area contributed by atoms with Gasteiger partial charge in [0.25, 0.3) is 0 Å². The SMILES string of the molecule is O=C(CC1CCSCC1)Nc1cncc(Cl)n1. The number of anilines is 1. The number of nitrogens with zero attached hydrogens (tertiary/aromatic N) is 2. The minimum atomic E-state index is -0.00142. The average Bonchev–Trinajstić information content (AvgIpc) is 2.30. The zero-order valence-electron chi connectivity index (χ0n) is 9.36. The van der Waals surface area contributed by atoms with Crippen LogP contribution in [-0.4, -0.2) is 27.4 Å². The monoisotopic (exact) mass is 271 g/mol. The van der Waals surface area contributed by atoms with Gasteiger partial charge < -0.3 is 5.32 Å². The molecule has 1 N–H and O–H groups in total. The standard InChI is InChI=1S/C11H14ClN3OS/c12-9-6-13-7-10(14-9)15-11(16)5-8-1-3-17-4-2-8/h6-8H,1-5H2,(H,14,15,16). The Balaban J connectivity index is 1.84. The van der Waals surface area contributed by atoms with Crippen molar-refractivity contribution in [2.75, 3.05) is 16.8 Å². The average molecular weight is 272 g/mol. The second-order valence-corrected chi connectivity index (χ2v) is 5.65. The first-order valence-electron chi connectivity index (χ1n) is 5.59. The zero-order chi connectivity index (χ0) is 12.1. The number of carbonyl (C=O) groups is 1. The smallest absolute Gasteiger partial charge is 0.225 e. The highest BCUT2D eigenvalue weighted by atomic mass is 35.5. The molecule has 4 nitrogen and oxygen atoms in total. The van der Waals surface area contributed by atoms with Crippen molar-refractivity contribution in [2.24, 2.45) is 5.92 Å². The van der Waals surface area contributed by atoms with Crippen molar-refractivity contribution in [2.45, 2.75) is 19.3 Å². The van der Waals surface area contributed by atoms with E-state index in [4.69, 9.17) is 11.6 Å². The lowest BCUT2D eigenvalue weighted by atomic mass is 9.98. The molecular formula is C11H14ClN3OS. The van der Waals surface area contributed by atoms with Gasteiger partial charge in [0.05, 0.1) is 12.4 Å². The number of hydrogen-bond donors (Lipinski definition) is 1. The van der Waals surface area contributed by atoms with Crippen molar-refractivity contribution in [3.63, 3.8) is 0 Å². The quantitative estimate of drug-likeness (QED) is 0.918. The summed E-state index contributed by atoms with van der Waals surface area (Å²) in [6, 6.07) is 0. The summed E-state index contributed by atoms with van der Waals surface area (Å²) in [5.41, 5.74) is 0. The molecule has 0 bridgehead atoms. The van der Waals surface area contributed by atoms with E-state index in [-0.39, 0.29) is 11.1 Å². The highest BCUT2D eigenvalue weighted by Gasteiger charge is 2.17. The van der Waals surface area contributed by atoms with Gasteiger partial charge in [0.15, 0.2) is 5.82 Å². The summed E-state index contributed by atoms with van der Waals surface area (Å²) < 4.78 is 0. The third-order valence-electron chi connectivity index (χ3n) is 2.69.